The first-order valence-corrected chi connectivity index (χ1v) is 9.04. The van der Waals surface area contributed by atoms with Crippen molar-refractivity contribution in [2.75, 3.05) is 11.6 Å². The van der Waals surface area contributed by atoms with E-state index in [0.29, 0.717) is 30.6 Å². The minimum atomic E-state index is -0.615. The monoisotopic (exact) mass is 401 g/mol. The number of para-hydroxylation sites is 1. The Kier molecular flexibility index (Phi) is 8.19. The van der Waals surface area contributed by atoms with Crippen LogP contribution < -0.4 is 22.5 Å². The highest BCUT2D eigenvalue weighted by molar-refractivity contribution is 5.95. The summed E-state index contributed by atoms with van der Waals surface area (Å²) in [6.45, 7) is 0.243. The maximum Gasteiger partial charge on any atom is 0.270 e. The number of rotatable bonds is 9. The van der Waals surface area contributed by atoms with Gasteiger partial charge in [-0.15, -0.1) is 5.11 Å². The third kappa shape index (κ3) is 6.06. The zero-order chi connectivity index (χ0) is 21.2. The molecule has 2 rings (SSSR count). The number of nitrogens with zero attached hydrogens (tertiary/aromatic N) is 4. The predicted octanol–water partition coefficient (Wildman–Crippen LogP) is 2.57. The van der Waals surface area contributed by atoms with Gasteiger partial charge in [0.25, 0.3) is 5.91 Å². The lowest BCUT2D eigenvalue weighted by atomic mass is 10.1. The van der Waals surface area contributed by atoms with Gasteiger partial charge in [-0.05, 0) is 37.1 Å². The van der Waals surface area contributed by atoms with Crippen molar-refractivity contribution in [3.63, 3.8) is 0 Å². The van der Waals surface area contributed by atoms with Gasteiger partial charge >= 0.3 is 0 Å². The maximum absolute atomic E-state index is 13.6. The largest absolute Gasteiger partial charge is 0.305 e. The number of carbonyl (C=O) groups is 2. The summed E-state index contributed by atoms with van der Waals surface area (Å²) in [6, 6.07) is 12.4. The first-order chi connectivity index (χ1) is 14.0. The number of anilines is 1. The third-order valence-corrected chi connectivity index (χ3v) is 4.23. The fraction of sp³-hybridized carbons (Fsp3) is 0.263. The summed E-state index contributed by atoms with van der Waals surface area (Å²) in [6.07, 6.45) is 1.96. The molecule has 0 saturated carbocycles. The molecule has 0 fully saturated rings. The normalized spacial score (nSPS) is 10.9. The van der Waals surface area contributed by atoms with Gasteiger partial charge in [-0.25, -0.2) is 21.1 Å². The van der Waals surface area contributed by atoms with E-state index in [0.717, 1.165) is 10.0 Å². The predicted molar refractivity (Wildman–Crippen MR) is 107 cm³/mol. The minimum Gasteiger partial charge on any atom is -0.305 e. The smallest absolute Gasteiger partial charge is 0.270 e. The van der Waals surface area contributed by atoms with Crippen LogP contribution in [0.5, 0.6) is 0 Å². The number of hydrogen-bond acceptors (Lipinski definition) is 6. The summed E-state index contributed by atoms with van der Waals surface area (Å²) in [7, 11) is 0. The fourth-order valence-electron chi connectivity index (χ4n) is 2.70. The molecule has 0 spiro atoms. The summed E-state index contributed by atoms with van der Waals surface area (Å²) in [5, 5.41) is 8.95. The SMILES string of the molecule is NN=Nc1ccccc1N(N)C(=O)CCCCCN(N)C(=O)c1ccccc1F. The molecule has 9 nitrogen and oxygen atoms in total. The van der Waals surface area contributed by atoms with Crippen molar-refractivity contribution in [2.24, 2.45) is 27.9 Å². The zero-order valence-electron chi connectivity index (χ0n) is 15.9. The van der Waals surface area contributed by atoms with E-state index in [4.69, 9.17) is 17.5 Å². The van der Waals surface area contributed by atoms with Crippen LogP contribution in [0.3, 0.4) is 0 Å². The van der Waals surface area contributed by atoms with Crippen molar-refractivity contribution in [1.82, 2.24) is 5.01 Å². The van der Waals surface area contributed by atoms with Crippen molar-refractivity contribution in [2.45, 2.75) is 25.7 Å². The van der Waals surface area contributed by atoms with Gasteiger partial charge in [0.1, 0.15) is 11.5 Å². The molecule has 0 atom stereocenters. The van der Waals surface area contributed by atoms with E-state index in [1.54, 1.807) is 30.3 Å². The van der Waals surface area contributed by atoms with Gasteiger partial charge in [0, 0.05) is 13.0 Å². The second-order valence-electron chi connectivity index (χ2n) is 6.26. The van der Waals surface area contributed by atoms with Crippen LogP contribution in [0, 0.1) is 5.82 Å². The Morgan fingerprint density at radius 1 is 0.966 bits per heavy atom. The Balaban J connectivity index is 1.77. The quantitative estimate of drug-likeness (QED) is 0.194. The number of carbonyl (C=O) groups excluding carboxylic acids is 2. The number of amides is 2. The number of hydrazine groups is 2. The van der Waals surface area contributed by atoms with Gasteiger partial charge < -0.3 is 5.84 Å². The summed E-state index contributed by atoms with van der Waals surface area (Å²) >= 11 is 0. The summed E-state index contributed by atoms with van der Waals surface area (Å²) in [5.41, 5.74) is 0.712. The van der Waals surface area contributed by atoms with Gasteiger partial charge in [0.05, 0.1) is 11.3 Å². The average molecular weight is 401 g/mol. The standard InChI is InChI=1S/C19H24FN7O2/c20-15-9-4-3-8-14(15)19(29)26(22)13-7-1-2-12-18(28)27(23)17-11-6-5-10-16(17)24-25-21/h3-6,8-11H,1-2,7,12-13,22-23H2,(H2,21,24). The Hall–Kier alpha value is -3.37. The van der Waals surface area contributed by atoms with E-state index in [1.807, 2.05) is 0 Å². The molecule has 0 radical (unpaired) electrons. The molecule has 0 unspecified atom stereocenters. The van der Waals surface area contributed by atoms with Crippen LogP contribution >= 0.6 is 0 Å². The molecular formula is C19H24FN7O2. The molecule has 0 bridgehead atoms. The second kappa shape index (κ2) is 10.8. The molecular weight excluding hydrogens is 377 g/mol. The Morgan fingerprint density at radius 2 is 1.66 bits per heavy atom. The first-order valence-electron chi connectivity index (χ1n) is 9.04. The average Bonchev–Trinajstić information content (AvgIpc) is 2.73. The molecule has 0 aliphatic heterocycles. The lowest BCUT2D eigenvalue weighted by molar-refractivity contribution is -0.118. The molecule has 2 aromatic rings. The van der Waals surface area contributed by atoms with E-state index in [9.17, 15) is 14.0 Å². The van der Waals surface area contributed by atoms with Crippen LogP contribution in [0.2, 0.25) is 0 Å². The molecule has 0 aliphatic carbocycles. The highest BCUT2D eigenvalue weighted by Gasteiger charge is 2.17. The van der Waals surface area contributed by atoms with Gasteiger partial charge in [0.2, 0.25) is 5.91 Å². The van der Waals surface area contributed by atoms with Crippen molar-refractivity contribution in [3.8, 4) is 0 Å². The van der Waals surface area contributed by atoms with Crippen molar-refractivity contribution >= 4 is 23.2 Å². The van der Waals surface area contributed by atoms with Gasteiger partial charge in [-0.3, -0.25) is 14.6 Å². The summed E-state index contributed by atoms with van der Waals surface area (Å²) < 4.78 is 13.6. The van der Waals surface area contributed by atoms with Crippen LogP contribution in [-0.4, -0.2) is 23.4 Å². The molecule has 10 heteroatoms. The van der Waals surface area contributed by atoms with Crippen LogP contribution in [0.1, 0.15) is 36.0 Å². The summed E-state index contributed by atoms with van der Waals surface area (Å²) in [4.78, 5) is 24.4. The van der Waals surface area contributed by atoms with Crippen molar-refractivity contribution < 1.29 is 14.0 Å². The molecule has 2 aromatic carbocycles. The van der Waals surface area contributed by atoms with Crippen LogP contribution in [-0.2, 0) is 4.79 Å². The van der Waals surface area contributed by atoms with Gasteiger partial charge in [0.15, 0.2) is 0 Å². The van der Waals surface area contributed by atoms with E-state index >= 15 is 0 Å². The molecule has 0 heterocycles. The molecule has 0 saturated heterocycles. The number of unbranched alkanes of at least 4 members (excludes halogenated alkanes) is 2. The summed E-state index contributed by atoms with van der Waals surface area (Å²) in [5.74, 6) is 15.2. The number of nitrogens with two attached hydrogens (primary N) is 3. The Labute approximate surface area is 167 Å². The van der Waals surface area contributed by atoms with Crippen LogP contribution in [0.4, 0.5) is 15.8 Å². The third-order valence-electron chi connectivity index (χ3n) is 4.23. The fourth-order valence-corrected chi connectivity index (χ4v) is 2.70. The van der Waals surface area contributed by atoms with Crippen molar-refractivity contribution in [1.29, 1.82) is 0 Å². The minimum absolute atomic E-state index is 0.0720. The van der Waals surface area contributed by atoms with E-state index in [2.05, 4.69) is 10.3 Å². The zero-order valence-corrected chi connectivity index (χ0v) is 15.9. The van der Waals surface area contributed by atoms with Gasteiger partial charge in [-0.1, -0.05) is 35.9 Å². The molecule has 154 valence electrons. The molecule has 0 aromatic heterocycles. The molecule has 29 heavy (non-hydrogen) atoms. The van der Waals surface area contributed by atoms with E-state index in [1.165, 1.54) is 18.2 Å². The molecule has 6 N–H and O–H groups in total. The lowest BCUT2D eigenvalue weighted by Crippen LogP contribution is -2.38. The highest BCUT2D eigenvalue weighted by atomic mass is 19.1. The second-order valence-corrected chi connectivity index (χ2v) is 6.26. The van der Waals surface area contributed by atoms with Crippen LogP contribution in [0.15, 0.2) is 58.9 Å². The number of halogens is 1. The highest BCUT2D eigenvalue weighted by Crippen LogP contribution is 2.27. The lowest BCUT2D eigenvalue weighted by Gasteiger charge is -2.18. The molecule has 0 aliphatic rings. The van der Waals surface area contributed by atoms with Crippen LogP contribution in [0.25, 0.3) is 0 Å². The first kappa shape index (κ1) is 21.9. The van der Waals surface area contributed by atoms with E-state index in [-0.39, 0.29) is 24.4 Å². The Morgan fingerprint density at radius 3 is 2.38 bits per heavy atom. The topological polar surface area (TPSA) is 143 Å². The number of benzene rings is 2. The maximum atomic E-state index is 13.6. The number of hydrogen-bond donors (Lipinski definition) is 3. The molecule has 2 amide bonds. The Bertz CT molecular complexity index is 875. The van der Waals surface area contributed by atoms with Gasteiger partial charge in [-0.2, -0.15) is 0 Å². The van der Waals surface area contributed by atoms with E-state index < -0.39 is 11.7 Å². The van der Waals surface area contributed by atoms with Crippen molar-refractivity contribution in [3.05, 3.63) is 59.9 Å².